The molecule has 0 spiro atoms. The highest BCUT2D eigenvalue weighted by molar-refractivity contribution is 8.00. The lowest BCUT2D eigenvalue weighted by Gasteiger charge is -2.22. The largest absolute Gasteiger partial charge is 0.311 e. The van der Waals surface area contributed by atoms with Crippen LogP contribution in [0.5, 0.6) is 0 Å². The molecule has 1 aliphatic heterocycles. The molecule has 0 aliphatic carbocycles. The molecule has 0 fully saturated rings. The van der Waals surface area contributed by atoms with Crippen molar-refractivity contribution in [2.75, 3.05) is 11.4 Å². The third-order valence-electron chi connectivity index (χ3n) is 5.35. The van der Waals surface area contributed by atoms with Gasteiger partial charge in [0.15, 0.2) is 5.16 Å². The van der Waals surface area contributed by atoms with Crippen LogP contribution in [0.1, 0.15) is 29.9 Å². The molecule has 0 N–H and O–H groups in total. The van der Waals surface area contributed by atoms with Crippen molar-refractivity contribution in [3.8, 4) is 0 Å². The number of amides is 1. The van der Waals surface area contributed by atoms with Crippen LogP contribution in [0.3, 0.4) is 0 Å². The van der Waals surface area contributed by atoms with E-state index in [9.17, 15) is 9.59 Å². The first kappa shape index (κ1) is 19.2. The standard InChI is InChI=1S/C21H23N3O2S2/c1-5-23-20(26)17-12(2)13(3)27-18(17)22-21(23)28-14(4)19(25)24-11-10-15-8-6-7-9-16(15)24/h6-9,14H,5,10-11H2,1-4H3. The van der Waals surface area contributed by atoms with E-state index in [0.717, 1.165) is 27.4 Å². The fourth-order valence-electron chi connectivity index (χ4n) is 3.67. The van der Waals surface area contributed by atoms with Crippen molar-refractivity contribution in [1.29, 1.82) is 0 Å². The number of nitrogens with zero attached hydrogens (tertiary/aromatic N) is 3. The van der Waals surface area contributed by atoms with Gasteiger partial charge in [-0.05, 0) is 51.3 Å². The summed E-state index contributed by atoms with van der Waals surface area (Å²) in [5, 5.41) is 1.01. The van der Waals surface area contributed by atoms with E-state index in [4.69, 9.17) is 4.98 Å². The molecule has 3 aromatic rings. The van der Waals surface area contributed by atoms with Gasteiger partial charge in [0, 0.05) is 23.7 Å². The summed E-state index contributed by atoms with van der Waals surface area (Å²) in [6.45, 7) is 9.07. The van der Waals surface area contributed by atoms with Gasteiger partial charge in [0.1, 0.15) is 4.83 Å². The van der Waals surface area contributed by atoms with Gasteiger partial charge < -0.3 is 4.90 Å². The minimum atomic E-state index is -0.324. The van der Waals surface area contributed by atoms with Crippen LogP contribution in [0.2, 0.25) is 0 Å². The van der Waals surface area contributed by atoms with Crippen LogP contribution in [0, 0.1) is 13.8 Å². The molecule has 146 valence electrons. The van der Waals surface area contributed by atoms with Gasteiger partial charge in [0.05, 0.1) is 10.6 Å². The van der Waals surface area contributed by atoms with E-state index < -0.39 is 0 Å². The molecule has 1 amide bonds. The highest BCUT2D eigenvalue weighted by Crippen LogP contribution is 2.33. The number of fused-ring (bicyclic) bond motifs is 2. The number of rotatable bonds is 4. The first-order valence-electron chi connectivity index (χ1n) is 9.48. The van der Waals surface area contributed by atoms with Crippen LogP contribution < -0.4 is 10.5 Å². The van der Waals surface area contributed by atoms with Crippen LogP contribution in [-0.2, 0) is 17.8 Å². The number of anilines is 1. The van der Waals surface area contributed by atoms with Gasteiger partial charge in [0.25, 0.3) is 5.56 Å². The van der Waals surface area contributed by atoms with Gasteiger partial charge in [0.2, 0.25) is 5.91 Å². The Hall–Kier alpha value is -2.12. The Kier molecular flexibility index (Phi) is 5.05. The smallest absolute Gasteiger partial charge is 0.263 e. The molecule has 5 nitrogen and oxygen atoms in total. The van der Waals surface area contributed by atoms with Gasteiger partial charge in [-0.15, -0.1) is 11.3 Å². The van der Waals surface area contributed by atoms with E-state index in [1.165, 1.54) is 17.3 Å². The number of aromatic nitrogens is 2. The Morgan fingerprint density at radius 3 is 2.82 bits per heavy atom. The molecule has 3 heterocycles. The Balaban J connectivity index is 1.66. The van der Waals surface area contributed by atoms with Gasteiger partial charge >= 0.3 is 0 Å². The second kappa shape index (κ2) is 7.37. The SMILES string of the molecule is CCn1c(SC(C)C(=O)N2CCc3ccccc32)nc2sc(C)c(C)c2c1=O. The second-order valence-electron chi connectivity index (χ2n) is 7.04. The Morgan fingerprint density at radius 2 is 2.07 bits per heavy atom. The summed E-state index contributed by atoms with van der Waals surface area (Å²) in [4.78, 5) is 34.6. The third kappa shape index (κ3) is 3.06. The van der Waals surface area contributed by atoms with Crippen molar-refractivity contribution in [2.24, 2.45) is 0 Å². The maximum atomic E-state index is 13.1. The van der Waals surface area contributed by atoms with Gasteiger partial charge in [-0.2, -0.15) is 0 Å². The minimum Gasteiger partial charge on any atom is -0.311 e. The first-order valence-corrected chi connectivity index (χ1v) is 11.2. The highest BCUT2D eigenvalue weighted by Gasteiger charge is 2.29. The maximum absolute atomic E-state index is 13.1. The molecular formula is C21H23N3O2S2. The number of carbonyl (C=O) groups is 1. The summed E-state index contributed by atoms with van der Waals surface area (Å²) in [6, 6.07) is 8.05. The number of hydrogen-bond donors (Lipinski definition) is 0. The Labute approximate surface area is 172 Å². The number of para-hydroxylation sites is 1. The quantitative estimate of drug-likeness (QED) is 0.476. The average molecular weight is 414 g/mol. The molecule has 1 aliphatic rings. The topological polar surface area (TPSA) is 55.2 Å². The summed E-state index contributed by atoms with van der Waals surface area (Å²) in [5.74, 6) is 0.0606. The van der Waals surface area contributed by atoms with Crippen molar-refractivity contribution in [2.45, 2.75) is 51.1 Å². The number of hydrogen-bond acceptors (Lipinski definition) is 5. The van der Waals surface area contributed by atoms with Crippen LogP contribution >= 0.6 is 23.1 Å². The van der Waals surface area contributed by atoms with Gasteiger partial charge in [-0.3, -0.25) is 14.2 Å². The molecule has 4 rings (SSSR count). The molecule has 28 heavy (non-hydrogen) atoms. The van der Waals surface area contributed by atoms with Crippen molar-refractivity contribution in [3.63, 3.8) is 0 Å². The normalized spacial score (nSPS) is 14.5. The lowest BCUT2D eigenvalue weighted by atomic mass is 10.2. The van der Waals surface area contributed by atoms with Crippen molar-refractivity contribution in [1.82, 2.24) is 9.55 Å². The average Bonchev–Trinajstić information content (AvgIpc) is 3.22. The molecule has 0 bridgehead atoms. The van der Waals surface area contributed by atoms with E-state index in [2.05, 4.69) is 6.07 Å². The van der Waals surface area contributed by atoms with Crippen molar-refractivity contribution >= 4 is 44.9 Å². The summed E-state index contributed by atoms with van der Waals surface area (Å²) in [6.07, 6.45) is 0.886. The van der Waals surface area contributed by atoms with E-state index >= 15 is 0 Å². The molecule has 2 aromatic heterocycles. The summed E-state index contributed by atoms with van der Waals surface area (Å²) in [5.41, 5.74) is 3.21. The van der Waals surface area contributed by atoms with Gasteiger partial charge in [-0.1, -0.05) is 30.0 Å². The summed E-state index contributed by atoms with van der Waals surface area (Å²) in [7, 11) is 0. The van der Waals surface area contributed by atoms with Crippen molar-refractivity contribution < 1.29 is 4.79 Å². The van der Waals surface area contributed by atoms with Gasteiger partial charge in [-0.25, -0.2) is 4.98 Å². The summed E-state index contributed by atoms with van der Waals surface area (Å²) >= 11 is 2.92. The zero-order valence-electron chi connectivity index (χ0n) is 16.5. The highest BCUT2D eigenvalue weighted by atomic mass is 32.2. The van der Waals surface area contributed by atoms with Crippen molar-refractivity contribution in [3.05, 3.63) is 50.6 Å². The molecule has 1 aromatic carbocycles. The zero-order valence-corrected chi connectivity index (χ0v) is 18.1. The maximum Gasteiger partial charge on any atom is 0.263 e. The van der Waals surface area contributed by atoms with E-state index in [0.29, 0.717) is 23.6 Å². The van der Waals surface area contributed by atoms with E-state index in [1.54, 1.807) is 15.9 Å². The first-order chi connectivity index (χ1) is 13.4. The number of aryl methyl sites for hydroxylation is 2. The molecular weight excluding hydrogens is 390 g/mol. The van der Waals surface area contributed by atoms with Crippen LogP contribution in [0.15, 0.2) is 34.2 Å². The predicted octanol–water partition coefficient (Wildman–Crippen LogP) is 4.16. The monoisotopic (exact) mass is 413 g/mol. The molecule has 7 heteroatoms. The lowest BCUT2D eigenvalue weighted by Crippen LogP contribution is -2.35. The van der Waals surface area contributed by atoms with Crippen LogP contribution in [0.4, 0.5) is 5.69 Å². The molecule has 1 unspecified atom stereocenters. The molecule has 0 saturated carbocycles. The molecule has 0 saturated heterocycles. The molecule has 0 radical (unpaired) electrons. The fraction of sp³-hybridized carbons (Fsp3) is 0.381. The predicted molar refractivity (Wildman–Crippen MR) is 117 cm³/mol. The third-order valence-corrected chi connectivity index (χ3v) is 7.53. The lowest BCUT2D eigenvalue weighted by molar-refractivity contribution is -0.117. The summed E-state index contributed by atoms with van der Waals surface area (Å²) < 4.78 is 1.69. The minimum absolute atomic E-state index is 0.0111. The van der Waals surface area contributed by atoms with E-state index in [-0.39, 0.29) is 16.7 Å². The fourth-order valence-corrected chi connectivity index (χ4v) is 5.78. The molecule has 1 atom stereocenters. The Bertz CT molecular complexity index is 1130. The number of thioether (sulfide) groups is 1. The Morgan fingerprint density at radius 1 is 1.32 bits per heavy atom. The number of carbonyl (C=O) groups excluding carboxylic acids is 1. The van der Waals surface area contributed by atoms with Crippen LogP contribution in [-0.4, -0.2) is 27.3 Å². The number of benzene rings is 1. The zero-order chi connectivity index (χ0) is 20.0. The van der Waals surface area contributed by atoms with E-state index in [1.807, 2.05) is 50.8 Å². The number of thiophene rings is 1. The van der Waals surface area contributed by atoms with Crippen LogP contribution in [0.25, 0.3) is 10.2 Å². The second-order valence-corrected chi connectivity index (χ2v) is 9.55.